The van der Waals surface area contributed by atoms with Crippen LogP contribution in [0.15, 0.2) is 42.5 Å². The Hall–Kier alpha value is -2.47. The lowest BCUT2D eigenvalue weighted by Crippen LogP contribution is -2.30. The molecule has 2 aliphatic carbocycles. The third kappa shape index (κ3) is 5.72. The number of hydrogen-bond acceptors (Lipinski definition) is 0. The second-order valence-corrected chi connectivity index (χ2v) is 9.93. The summed E-state index contributed by atoms with van der Waals surface area (Å²) in [6.45, 7) is 3.74. The summed E-state index contributed by atoms with van der Waals surface area (Å²) in [5.41, 5.74) is 1.43. The predicted molar refractivity (Wildman–Crippen MR) is 128 cm³/mol. The highest BCUT2D eigenvalue weighted by Crippen LogP contribution is 2.48. The molecule has 2 aliphatic rings. The van der Waals surface area contributed by atoms with Crippen LogP contribution in [-0.4, -0.2) is 0 Å². The van der Waals surface area contributed by atoms with Crippen molar-refractivity contribution in [1.82, 2.24) is 0 Å². The van der Waals surface area contributed by atoms with Crippen molar-refractivity contribution >= 4 is 0 Å². The first kappa shape index (κ1) is 23.7. The Morgan fingerprint density at radius 3 is 2.33 bits per heavy atom. The summed E-state index contributed by atoms with van der Waals surface area (Å²) in [7, 11) is 0. The normalized spacial score (nSPS) is 24.9. The average molecular weight is 451 g/mol. The minimum absolute atomic E-state index is 0.211. The number of allylic oxidation sites excluding steroid dienone is 2. The number of aryl methyl sites for hydroxylation is 1. The highest BCUT2D eigenvalue weighted by molar-refractivity contribution is 5.46. The fourth-order valence-electron chi connectivity index (χ4n) is 5.80. The van der Waals surface area contributed by atoms with E-state index in [1.54, 1.807) is 19.1 Å². The van der Waals surface area contributed by atoms with E-state index in [1.807, 2.05) is 0 Å². The number of halogens is 3. The molecule has 2 aromatic carbocycles. The minimum atomic E-state index is -0.625. The maximum atomic E-state index is 14.8. The van der Waals surface area contributed by atoms with Gasteiger partial charge >= 0.3 is 0 Å². The summed E-state index contributed by atoms with van der Waals surface area (Å²) in [6, 6.07) is 7.50. The maximum absolute atomic E-state index is 14.8. The van der Waals surface area contributed by atoms with Crippen LogP contribution in [0.2, 0.25) is 0 Å². The van der Waals surface area contributed by atoms with Gasteiger partial charge < -0.3 is 0 Å². The Morgan fingerprint density at radius 2 is 1.61 bits per heavy atom. The predicted octanol–water partition coefficient (Wildman–Crippen LogP) is 8.47. The lowest BCUT2D eigenvalue weighted by Gasteiger charge is -2.42. The highest BCUT2D eigenvalue weighted by Gasteiger charge is 2.36. The molecule has 0 nitrogen and oxygen atoms in total. The molecule has 33 heavy (non-hydrogen) atoms. The second kappa shape index (κ2) is 10.6. The van der Waals surface area contributed by atoms with Gasteiger partial charge in [-0.05, 0) is 118 Å². The minimum Gasteiger partial charge on any atom is -0.207 e. The van der Waals surface area contributed by atoms with Gasteiger partial charge in [-0.25, -0.2) is 13.2 Å². The van der Waals surface area contributed by atoms with Gasteiger partial charge in [-0.3, -0.25) is 0 Å². The van der Waals surface area contributed by atoms with E-state index >= 15 is 0 Å². The van der Waals surface area contributed by atoms with E-state index in [-0.39, 0.29) is 17.3 Å². The van der Waals surface area contributed by atoms with Crippen molar-refractivity contribution < 1.29 is 13.2 Å². The molecule has 0 aromatic heterocycles. The van der Waals surface area contributed by atoms with Gasteiger partial charge in [0.2, 0.25) is 0 Å². The van der Waals surface area contributed by atoms with Crippen LogP contribution in [0.25, 0.3) is 0 Å². The van der Waals surface area contributed by atoms with E-state index in [2.05, 4.69) is 30.9 Å². The van der Waals surface area contributed by atoms with E-state index in [9.17, 15) is 13.2 Å². The quantitative estimate of drug-likeness (QED) is 0.324. The van der Waals surface area contributed by atoms with Crippen LogP contribution in [0.3, 0.4) is 0 Å². The summed E-state index contributed by atoms with van der Waals surface area (Å²) >= 11 is 0. The van der Waals surface area contributed by atoms with Gasteiger partial charge in [0, 0.05) is 5.56 Å². The van der Waals surface area contributed by atoms with Crippen molar-refractivity contribution in [2.24, 2.45) is 17.8 Å². The van der Waals surface area contributed by atoms with Crippen LogP contribution in [0, 0.1) is 54.0 Å². The third-order valence-electron chi connectivity index (χ3n) is 7.74. The zero-order valence-electron chi connectivity index (χ0n) is 19.6. The summed E-state index contributed by atoms with van der Waals surface area (Å²) in [5.74, 6) is 6.12. The maximum Gasteiger partial charge on any atom is 0.142 e. The van der Waals surface area contributed by atoms with Crippen LogP contribution >= 0.6 is 0 Å². The number of fused-ring (bicyclic) bond motifs is 1. The summed E-state index contributed by atoms with van der Waals surface area (Å²) in [5, 5.41) is 0. The molecular formula is C30H33F3. The molecule has 0 N–H and O–H groups in total. The Labute approximate surface area is 196 Å². The number of rotatable bonds is 4. The lowest BCUT2D eigenvalue weighted by atomic mass is 9.63. The van der Waals surface area contributed by atoms with Gasteiger partial charge in [0.15, 0.2) is 0 Å². The van der Waals surface area contributed by atoms with E-state index in [0.29, 0.717) is 17.0 Å². The molecule has 0 saturated heterocycles. The summed E-state index contributed by atoms with van der Waals surface area (Å²) in [6.07, 6.45) is 13.9. The molecule has 2 saturated carbocycles. The largest absolute Gasteiger partial charge is 0.207 e. The smallest absolute Gasteiger partial charge is 0.142 e. The molecule has 0 bridgehead atoms. The summed E-state index contributed by atoms with van der Waals surface area (Å²) < 4.78 is 43.4. The van der Waals surface area contributed by atoms with Crippen molar-refractivity contribution in [3.05, 3.63) is 82.2 Å². The van der Waals surface area contributed by atoms with Crippen molar-refractivity contribution in [3.8, 4) is 11.8 Å². The number of hydrogen-bond donors (Lipinski definition) is 0. The van der Waals surface area contributed by atoms with Crippen LogP contribution < -0.4 is 0 Å². The molecular weight excluding hydrogens is 417 g/mol. The molecule has 0 amide bonds. The molecule has 3 heteroatoms. The molecule has 174 valence electrons. The Balaban J connectivity index is 1.43. The zero-order valence-corrected chi connectivity index (χ0v) is 19.6. The van der Waals surface area contributed by atoms with Crippen molar-refractivity contribution in [2.45, 2.75) is 71.1 Å². The molecule has 4 atom stereocenters. The average Bonchev–Trinajstić information content (AvgIpc) is 2.80. The Kier molecular flexibility index (Phi) is 7.63. The molecule has 2 aromatic rings. The Bertz CT molecular complexity index is 1050. The van der Waals surface area contributed by atoms with Gasteiger partial charge in [0.05, 0.1) is 5.56 Å². The molecule has 0 spiro atoms. The molecule has 4 unspecified atom stereocenters. The first-order valence-corrected chi connectivity index (χ1v) is 12.3. The second-order valence-electron chi connectivity index (χ2n) is 9.93. The van der Waals surface area contributed by atoms with Gasteiger partial charge in [-0.15, -0.1) is 0 Å². The standard InChI is InChI=1S/C30H33F3/c1-3-4-5-6-21-9-11-24-17-25(13-12-23(24)15-21)26-18-29(32)27(30(33)19-26)14-10-22-8-7-20(2)28(31)16-22/h3-4,7-8,16,18-19,21,23-25H,5-6,9,11-13,15,17H2,1-2H3/b4-3+. The van der Waals surface area contributed by atoms with Crippen molar-refractivity contribution in [3.63, 3.8) is 0 Å². The monoisotopic (exact) mass is 450 g/mol. The van der Waals surface area contributed by atoms with E-state index in [1.165, 1.54) is 50.3 Å². The fraction of sp³-hybridized carbons (Fsp3) is 0.467. The van der Waals surface area contributed by atoms with Crippen LogP contribution in [0.5, 0.6) is 0 Å². The molecule has 0 aliphatic heterocycles. The highest BCUT2D eigenvalue weighted by atomic mass is 19.1. The molecule has 2 fully saturated rings. The van der Waals surface area contributed by atoms with E-state index < -0.39 is 11.6 Å². The zero-order chi connectivity index (χ0) is 23.4. The van der Waals surface area contributed by atoms with Crippen LogP contribution in [-0.2, 0) is 0 Å². The molecule has 0 radical (unpaired) electrons. The van der Waals surface area contributed by atoms with Gasteiger partial charge in [0.25, 0.3) is 0 Å². The molecule has 4 rings (SSSR count). The third-order valence-corrected chi connectivity index (χ3v) is 7.74. The SMILES string of the molecule is C/C=C/CCC1CCC2CC(c3cc(F)c(C#Cc4ccc(C)c(F)c4)c(F)c3)CCC2C1. The molecule has 0 heterocycles. The van der Waals surface area contributed by atoms with Crippen LogP contribution in [0.1, 0.15) is 86.5 Å². The van der Waals surface area contributed by atoms with Gasteiger partial charge in [0.1, 0.15) is 17.5 Å². The number of benzene rings is 2. The van der Waals surface area contributed by atoms with Crippen molar-refractivity contribution in [2.75, 3.05) is 0 Å². The summed E-state index contributed by atoms with van der Waals surface area (Å²) in [4.78, 5) is 0. The fourth-order valence-corrected chi connectivity index (χ4v) is 5.80. The van der Waals surface area contributed by atoms with E-state index in [0.717, 1.165) is 36.7 Å². The van der Waals surface area contributed by atoms with Gasteiger partial charge in [-0.1, -0.05) is 36.5 Å². The first-order valence-electron chi connectivity index (χ1n) is 12.3. The van der Waals surface area contributed by atoms with Crippen LogP contribution in [0.4, 0.5) is 13.2 Å². The van der Waals surface area contributed by atoms with E-state index in [4.69, 9.17) is 0 Å². The topological polar surface area (TPSA) is 0 Å². The first-order chi connectivity index (χ1) is 15.9. The lowest BCUT2D eigenvalue weighted by molar-refractivity contribution is 0.115. The van der Waals surface area contributed by atoms with Gasteiger partial charge in [-0.2, -0.15) is 0 Å². The Morgan fingerprint density at radius 1 is 0.879 bits per heavy atom. The van der Waals surface area contributed by atoms with Crippen molar-refractivity contribution in [1.29, 1.82) is 0 Å².